The molecule has 5 heteroatoms. The molecule has 1 saturated heterocycles. The molecule has 0 aromatic heterocycles. The molecule has 1 N–H and O–H groups in total. The van der Waals surface area contributed by atoms with Gasteiger partial charge >= 0.3 is 0 Å². The number of halogens is 1. The Kier molecular flexibility index (Phi) is 4.94. The molecule has 2 atom stereocenters. The van der Waals surface area contributed by atoms with E-state index in [1.807, 2.05) is 13.8 Å². The predicted octanol–water partition coefficient (Wildman–Crippen LogP) is 1.42. The highest BCUT2D eigenvalue weighted by molar-refractivity contribution is 5.95. The van der Waals surface area contributed by atoms with E-state index < -0.39 is 5.82 Å². The molecule has 1 fully saturated rings. The van der Waals surface area contributed by atoms with Gasteiger partial charge in [0.25, 0.3) is 5.91 Å². The van der Waals surface area contributed by atoms with Crippen LogP contribution in [0.3, 0.4) is 0 Å². The molecule has 2 rings (SSSR count). The minimum absolute atomic E-state index is 0.000963. The van der Waals surface area contributed by atoms with Gasteiger partial charge in [0.15, 0.2) is 0 Å². The van der Waals surface area contributed by atoms with Crippen LogP contribution >= 0.6 is 0 Å². The molecule has 1 aromatic rings. The van der Waals surface area contributed by atoms with Gasteiger partial charge in [-0.1, -0.05) is 11.8 Å². The lowest BCUT2D eigenvalue weighted by Crippen LogP contribution is -2.48. The fourth-order valence-corrected chi connectivity index (χ4v) is 2.42. The number of carbonyl (C=O) groups excluding carboxylic acids is 1. The Morgan fingerprint density at radius 3 is 2.71 bits per heavy atom. The van der Waals surface area contributed by atoms with Gasteiger partial charge in [0, 0.05) is 18.7 Å². The molecule has 0 aliphatic carbocycles. The van der Waals surface area contributed by atoms with E-state index in [1.165, 1.54) is 18.2 Å². The second-order valence-electron chi connectivity index (χ2n) is 5.12. The lowest BCUT2D eigenvalue weighted by atomic mass is 10.1. The second kappa shape index (κ2) is 6.70. The van der Waals surface area contributed by atoms with Gasteiger partial charge in [0.05, 0.1) is 17.8 Å². The molecule has 21 heavy (non-hydrogen) atoms. The summed E-state index contributed by atoms with van der Waals surface area (Å²) in [4.78, 5) is 14.1. The van der Waals surface area contributed by atoms with Crippen LogP contribution in [0.15, 0.2) is 18.2 Å². The van der Waals surface area contributed by atoms with Crippen molar-refractivity contribution in [2.75, 3.05) is 19.7 Å². The van der Waals surface area contributed by atoms with Crippen molar-refractivity contribution >= 4 is 5.91 Å². The third-order valence-electron chi connectivity index (χ3n) is 3.22. The fourth-order valence-electron chi connectivity index (χ4n) is 2.42. The number of hydrogen-bond acceptors (Lipinski definition) is 3. The lowest BCUT2D eigenvalue weighted by molar-refractivity contribution is -0.0587. The minimum atomic E-state index is -0.568. The van der Waals surface area contributed by atoms with Gasteiger partial charge in [-0.3, -0.25) is 4.79 Å². The van der Waals surface area contributed by atoms with Gasteiger partial charge in [-0.15, -0.1) is 0 Å². The van der Waals surface area contributed by atoms with Crippen LogP contribution in [-0.4, -0.2) is 47.8 Å². The highest BCUT2D eigenvalue weighted by Crippen LogP contribution is 2.17. The Morgan fingerprint density at radius 2 is 2.10 bits per heavy atom. The summed E-state index contributed by atoms with van der Waals surface area (Å²) in [6.45, 7) is 4.37. The van der Waals surface area contributed by atoms with Gasteiger partial charge in [-0.2, -0.15) is 0 Å². The molecule has 1 aromatic carbocycles. The number of aliphatic hydroxyl groups excluding tert-OH is 1. The van der Waals surface area contributed by atoms with E-state index in [-0.39, 0.29) is 30.3 Å². The Hall–Kier alpha value is -1.90. The maximum Gasteiger partial charge on any atom is 0.257 e. The molecule has 1 amide bonds. The standard InChI is InChI=1S/C16H18FNO3/c1-11-9-18(10-12(2)21-11)16(20)14-8-13(4-3-7-19)5-6-15(14)17/h5-6,8,11-12,19H,7,9-10H2,1-2H3. The fraction of sp³-hybridized carbons (Fsp3) is 0.438. The van der Waals surface area contributed by atoms with Crippen molar-refractivity contribution < 1.29 is 19.0 Å². The number of benzene rings is 1. The molecule has 0 saturated carbocycles. The summed E-state index contributed by atoms with van der Waals surface area (Å²) in [6, 6.07) is 4.13. The SMILES string of the molecule is CC1CN(C(=O)c2cc(C#CCO)ccc2F)CC(C)O1. The van der Waals surface area contributed by atoms with Gasteiger partial charge in [-0.05, 0) is 32.0 Å². The van der Waals surface area contributed by atoms with E-state index in [2.05, 4.69) is 11.8 Å². The van der Waals surface area contributed by atoms with Crippen molar-refractivity contribution in [1.29, 1.82) is 0 Å². The number of morpholine rings is 1. The maximum atomic E-state index is 13.9. The zero-order chi connectivity index (χ0) is 15.4. The van der Waals surface area contributed by atoms with Gasteiger partial charge in [0.2, 0.25) is 0 Å². The van der Waals surface area contributed by atoms with Crippen LogP contribution in [0, 0.1) is 17.7 Å². The number of carbonyl (C=O) groups is 1. The molecule has 1 heterocycles. The first-order valence-corrected chi connectivity index (χ1v) is 6.85. The van der Waals surface area contributed by atoms with Crippen LogP contribution in [0.25, 0.3) is 0 Å². The Labute approximate surface area is 123 Å². The van der Waals surface area contributed by atoms with E-state index in [9.17, 15) is 9.18 Å². The highest BCUT2D eigenvalue weighted by Gasteiger charge is 2.28. The summed E-state index contributed by atoms with van der Waals surface area (Å²) in [5.41, 5.74) is 0.504. The molecule has 0 spiro atoms. The molecule has 1 aliphatic heterocycles. The van der Waals surface area contributed by atoms with E-state index in [0.29, 0.717) is 18.7 Å². The van der Waals surface area contributed by atoms with Crippen molar-refractivity contribution in [2.24, 2.45) is 0 Å². The Morgan fingerprint density at radius 1 is 1.43 bits per heavy atom. The van der Waals surface area contributed by atoms with Gasteiger partial charge < -0.3 is 14.7 Å². The quantitative estimate of drug-likeness (QED) is 0.796. The first kappa shape index (κ1) is 15.5. The van der Waals surface area contributed by atoms with E-state index in [1.54, 1.807) is 4.90 Å². The summed E-state index contributed by atoms with van der Waals surface area (Å²) in [7, 11) is 0. The normalized spacial score (nSPS) is 21.6. The first-order valence-electron chi connectivity index (χ1n) is 6.85. The van der Waals surface area contributed by atoms with Crippen LogP contribution in [0.5, 0.6) is 0 Å². The summed E-state index contributed by atoms with van der Waals surface area (Å²) >= 11 is 0. The van der Waals surface area contributed by atoms with Crippen molar-refractivity contribution in [3.05, 3.63) is 35.1 Å². The van der Waals surface area contributed by atoms with Crippen LogP contribution in [0.4, 0.5) is 4.39 Å². The van der Waals surface area contributed by atoms with E-state index in [0.717, 1.165) is 0 Å². The first-order chi connectivity index (χ1) is 10.0. The monoisotopic (exact) mass is 291 g/mol. The van der Waals surface area contributed by atoms with Crippen molar-refractivity contribution in [3.8, 4) is 11.8 Å². The second-order valence-corrected chi connectivity index (χ2v) is 5.12. The number of nitrogens with zero attached hydrogens (tertiary/aromatic N) is 1. The largest absolute Gasteiger partial charge is 0.384 e. The van der Waals surface area contributed by atoms with Crippen LogP contribution in [0.1, 0.15) is 29.8 Å². The van der Waals surface area contributed by atoms with Crippen LogP contribution < -0.4 is 0 Å². The van der Waals surface area contributed by atoms with Crippen LogP contribution in [0.2, 0.25) is 0 Å². The van der Waals surface area contributed by atoms with Crippen molar-refractivity contribution in [3.63, 3.8) is 0 Å². The zero-order valence-corrected chi connectivity index (χ0v) is 12.1. The van der Waals surface area contributed by atoms with Gasteiger partial charge in [-0.25, -0.2) is 4.39 Å². The summed E-state index contributed by atoms with van der Waals surface area (Å²) in [5, 5.41) is 8.69. The lowest BCUT2D eigenvalue weighted by Gasteiger charge is -2.35. The molecule has 0 radical (unpaired) electrons. The number of hydrogen-bond donors (Lipinski definition) is 1. The zero-order valence-electron chi connectivity index (χ0n) is 12.1. The summed E-state index contributed by atoms with van der Waals surface area (Å²) < 4.78 is 19.5. The topological polar surface area (TPSA) is 49.8 Å². The smallest absolute Gasteiger partial charge is 0.257 e. The molecule has 0 bridgehead atoms. The van der Waals surface area contributed by atoms with Crippen molar-refractivity contribution in [1.82, 2.24) is 4.90 Å². The third-order valence-corrected chi connectivity index (χ3v) is 3.22. The highest BCUT2D eigenvalue weighted by atomic mass is 19.1. The molecule has 1 aliphatic rings. The average molecular weight is 291 g/mol. The molecule has 2 unspecified atom stereocenters. The molecule has 4 nitrogen and oxygen atoms in total. The third kappa shape index (κ3) is 3.81. The Bertz CT molecular complexity index is 581. The molecule has 112 valence electrons. The number of amides is 1. The summed E-state index contributed by atoms with van der Waals surface area (Å²) in [6.07, 6.45) is -0.142. The minimum Gasteiger partial charge on any atom is -0.384 e. The maximum absolute atomic E-state index is 13.9. The molecular weight excluding hydrogens is 273 g/mol. The van der Waals surface area contributed by atoms with Crippen molar-refractivity contribution in [2.45, 2.75) is 26.1 Å². The number of aliphatic hydroxyl groups is 1. The van der Waals surface area contributed by atoms with Crippen LogP contribution in [-0.2, 0) is 4.74 Å². The van der Waals surface area contributed by atoms with E-state index in [4.69, 9.17) is 9.84 Å². The number of ether oxygens (including phenoxy) is 1. The van der Waals surface area contributed by atoms with E-state index >= 15 is 0 Å². The average Bonchev–Trinajstić information content (AvgIpc) is 2.44. The Balaban J connectivity index is 2.25. The van der Waals surface area contributed by atoms with Gasteiger partial charge in [0.1, 0.15) is 12.4 Å². The molecular formula is C16H18FNO3. The summed E-state index contributed by atoms with van der Waals surface area (Å²) in [5.74, 6) is 4.23. The predicted molar refractivity (Wildman–Crippen MR) is 76.3 cm³/mol. The number of rotatable bonds is 1.